The molecule has 158 valence electrons. The van der Waals surface area contributed by atoms with E-state index in [0.29, 0.717) is 41.8 Å². The Morgan fingerprint density at radius 1 is 1.27 bits per heavy atom. The van der Waals surface area contributed by atoms with E-state index in [1.807, 2.05) is 37.3 Å². The minimum absolute atomic E-state index is 0.129. The molecule has 6 nitrogen and oxygen atoms in total. The van der Waals surface area contributed by atoms with Gasteiger partial charge < -0.3 is 19.3 Å². The lowest BCUT2D eigenvalue weighted by molar-refractivity contribution is -0.132. The number of benzene rings is 2. The summed E-state index contributed by atoms with van der Waals surface area (Å²) in [6.07, 6.45) is 3.71. The third-order valence-corrected chi connectivity index (χ3v) is 5.36. The number of rotatable bonds is 7. The second-order valence-electron chi connectivity index (χ2n) is 6.87. The predicted molar refractivity (Wildman–Crippen MR) is 118 cm³/mol. The third kappa shape index (κ3) is 4.60. The number of hydrogen-bond donors (Lipinski definition) is 0. The Morgan fingerprint density at radius 2 is 2.03 bits per heavy atom. The topological polar surface area (TPSA) is 59.1 Å². The van der Waals surface area contributed by atoms with Gasteiger partial charge in [0, 0.05) is 19.7 Å². The summed E-state index contributed by atoms with van der Waals surface area (Å²) < 4.78 is 10.8. The molecular formula is C23H25ClN2O4. The van der Waals surface area contributed by atoms with E-state index >= 15 is 0 Å². The highest BCUT2D eigenvalue weighted by Crippen LogP contribution is 2.31. The smallest absolute Gasteiger partial charge is 0.249 e. The molecular weight excluding hydrogens is 404 g/mol. The molecule has 1 unspecified atom stereocenters. The Labute approximate surface area is 181 Å². The molecule has 1 fully saturated rings. The zero-order valence-electron chi connectivity index (χ0n) is 17.3. The van der Waals surface area contributed by atoms with Crippen LogP contribution in [-0.4, -0.2) is 50.1 Å². The van der Waals surface area contributed by atoms with Gasteiger partial charge >= 0.3 is 0 Å². The number of carbonyl (C=O) groups is 2. The molecule has 0 aliphatic carbocycles. The van der Waals surface area contributed by atoms with Crippen LogP contribution in [0.25, 0.3) is 6.08 Å². The minimum Gasteiger partial charge on any atom is -0.493 e. The first kappa shape index (κ1) is 21.7. The van der Waals surface area contributed by atoms with Crippen molar-refractivity contribution in [1.29, 1.82) is 0 Å². The van der Waals surface area contributed by atoms with Crippen molar-refractivity contribution < 1.29 is 19.1 Å². The molecule has 0 saturated carbocycles. The van der Waals surface area contributed by atoms with Crippen LogP contribution in [0.1, 0.15) is 18.9 Å². The van der Waals surface area contributed by atoms with Crippen molar-refractivity contribution in [3.05, 3.63) is 59.1 Å². The highest BCUT2D eigenvalue weighted by Gasteiger charge is 2.37. The molecule has 30 heavy (non-hydrogen) atoms. The van der Waals surface area contributed by atoms with Gasteiger partial charge in [-0.3, -0.25) is 9.59 Å². The fourth-order valence-corrected chi connectivity index (χ4v) is 3.68. The average Bonchev–Trinajstić information content (AvgIpc) is 3.13. The van der Waals surface area contributed by atoms with Crippen molar-refractivity contribution in [2.45, 2.75) is 19.4 Å². The van der Waals surface area contributed by atoms with E-state index in [1.165, 1.54) is 11.0 Å². The Kier molecular flexibility index (Phi) is 7.00. The van der Waals surface area contributed by atoms with Crippen molar-refractivity contribution >= 4 is 35.2 Å². The first-order valence-corrected chi connectivity index (χ1v) is 10.2. The molecule has 1 aliphatic heterocycles. The van der Waals surface area contributed by atoms with Gasteiger partial charge in [-0.1, -0.05) is 29.8 Å². The van der Waals surface area contributed by atoms with E-state index in [1.54, 1.807) is 37.3 Å². The standard InChI is InChI=1S/C23H25ClN2O4/c1-4-30-21-15-16(9-11-20(21)29-3)10-12-22(27)25(2)19-13-14-26(23(19)28)18-8-6-5-7-17(18)24/h5-12,15,19H,4,13-14H2,1-3H3/b12-10+. The van der Waals surface area contributed by atoms with Crippen molar-refractivity contribution in [3.8, 4) is 11.5 Å². The maximum atomic E-state index is 12.9. The number of halogens is 1. The van der Waals surface area contributed by atoms with Crippen molar-refractivity contribution in [1.82, 2.24) is 4.90 Å². The van der Waals surface area contributed by atoms with Gasteiger partial charge in [-0.25, -0.2) is 0 Å². The molecule has 1 atom stereocenters. The van der Waals surface area contributed by atoms with Gasteiger partial charge in [0.25, 0.3) is 0 Å². The number of ether oxygens (including phenoxy) is 2. The molecule has 0 radical (unpaired) electrons. The summed E-state index contributed by atoms with van der Waals surface area (Å²) in [7, 11) is 3.22. The lowest BCUT2D eigenvalue weighted by atomic mass is 10.1. The fourth-order valence-electron chi connectivity index (χ4n) is 3.44. The first-order chi connectivity index (χ1) is 14.5. The molecule has 2 aromatic carbocycles. The van der Waals surface area contributed by atoms with E-state index in [9.17, 15) is 9.59 Å². The summed E-state index contributed by atoms with van der Waals surface area (Å²) in [5.74, 6) is 0.872. The lowest BCUT2D eigenvalue weighted by Gasteiger charge is -2.23. The fraction of sp³-hybridized carbons (Fsp3) is 0.304. The SMILES string of the molecule is CCOc1cc(/C=C/C(=O)N(C)C2CCN(c3ccccc3Cl)C2=O)ccc1OC. The van der Waals surface area contributed by atoms with E-state index in [-0.39, 0.29) is 11.8 Å². The number of likely N-dealkylation sites (N-methyl/N-ethyl adjacent to an activating group) is 1. The number of amides is 2. The molecule has 2 aromatic rings. The quantitative estimate of drug-likeness (QED) is 0.625. The number of nitrogens with zero attached hydrogens (tertiary/aromatic N) is 2. The van der Waals surface area contributed by atoms with Gasteiger partial charge in [0.15, 0.2) is 11.5 Å². The van der Waals surface area contributed by atoms with Crippen LogP contribution in [0.3, 0.4) is 0 Å². The molecule has 1 saturated heterocycles. The highest BCUT2D eigenvalue weighted by molar-refractivity contribution is 6.34. The molecule has 0 spiro atoms. The maximum absolute atomic E-state index is 12.9. The highest BCUT2D eigenvalue weighted by atomic mass is 35.5. The van der Waals surface area contributed by atoms with E-state index in [0.717, 1.165) is 5.56 Å². The zero-order valence-corrected chi connectivity index (χ0v) is 18.1. The van der Waals surface area contributed by atoms with Crippen LogP contribution < -0.4 is 14.4 Å². The molecule has 0 aromatic heterocycles. The normalized spacial score (nSPS) is 16.2. The second kappa shape index (κ2) is 9.67. The monoisotopic (exact) mass is 428 g/mol. The molecule has 1 aliphatic rings. The van der Waals surface area contributed by atoms with E-state index in [4.69, 9.17) is 21.1 Å². The number of hydrogen-bond acceptors (Lipinski definition) is 4. The van der Waals surface area contributed by atoms with Gasteiger partial charge in [0.1, 0.15) is 6.04 Å². The van der Waals surface area contributed by atoms with Crippen LogP contribution in [-0.2, 0) is 9.59 Å². The van der Waals surface area contributed by atoms with Crippen molar-refractivity contribution in [3.63, 3.8) is 0 Å². The minimum atomic E-state index is -0.520. The molecule has 0 N–H and O–H groups in total. The van der Waals surface area contributed by atoms with Gasteiger partial charge in [-0.2, -0.15) is 0 Å². The average molecular weight is 429 g/mol. The van der Waals surface area contributed by atoms with Crippen LogP contribution in [0.5, 0.6) is 11.5 Å². The number of para-hydroxylation sites is 1. The Hall–Kier alpha value is -2.99. The summed E-state index contributed by atoms with van der Waals surface area (Å²) in [5, 5.41) is 0.519. The number of carbonyl (C=O) groups excluding carboxylic acids is 2. The largest absolute Gasteiger partial charge is 0.493 e. The molecule has 2 amide bonds. The molecule has 1 heterocycles. The lowest BCUT2D eigenvalue weighted by Crippen LogP contribution is -2.42. The van der Waals surface area contributed by atoms with Crippen LogP contribution >= 0.6 is 11.6 Å². The summed E-state index contributed by atoms with van der Waals surface area (Å²) in [6, 6.07) is 12.1. The van der Waals surface area contributed by atoms with Crippen LogP contribution in [0.15, 0.2) is 48.5 Å². The summed E-state index contributed by atoms with van der Waals surface area (Å²) >= 11 is 6.23. The molecule has 3 rings (SSSR count). The molecule has 0 bridgehead atoms. The van der Waals surface area contributed by atoms with Crippen LogP contribution in [0.4, 0.5) is 5.69 Å². The Bertz CT molecular complexity index is 960. The molecule has 7 heteroatoms. The van der Waals surface area contributed by atoms with Gasteiger partial charge in [-0.15, -0.1) is 0 Å². The predicted octanol–water partition coefficient (Wildman–Crippen LogP) is 4.02. The van der Waals surface area contributed by atoms with Crippen molar-refractivity contribution in [2.24, 2.45) is 0 Å². The van der Waals surface area contributed by atoms with Gasteiger partial charge in [-0.05, 0) is 49.2 Å². The Balaban J connectivity index is 1.70. The zero-order chi connectivity index (χ0) is 21.7. The van der Waals surface area contributed by atoms with Gasteiger partial charge in [0.05, 0.1) is 24.4 Å². The van der Waals surface area contributed by atoms with E-state index in [2.05, 4.69) is 0 Å². The van der Waals surface area contributed by atoms with Crippen molar-refractivity contribution in [2.75, 3.05) is 32.2 Å². The Morgan fingerprint density at radius 3 is 2.73 bits per heavy atom. The number of methoxy groups -OCH3 is 1. The maximum Gasteiger partial charge on any atom is 0.249 e. The summed E-state index contributed by atoms with van der Waals surface area (Å²) in [6.45, 7) is 2.92. The summed E-state index contributed by atoms with van der Waals surface area (Å²) in [4.78, 5) is 28.7. The van der Waals surface area contributed by atoms with Gasteiger partial charge in [0.2, 0.25) is 11.8 Å². The first-order valence-electron chi connectivity index (χ1n) is 9.77. The second-order valence-corrected chi connectivity index (χ2v) is 7.28. The summed E-state index contributed by atoms with van der Waals surface area (Å²) in [5.41, 5.74) is 1.47. The third-order valence-electron chi connectivity index (χ3n) is 5.04. The van der Waals surface area contributed by atoms with Crippen LogP contribution in [0.2, 0.25) is 5.02 Å². The van der Waals surface area contributed by atoms with E-state index < -0.39 is 6.04 Å². The number of anilines is 1. The van der Waals surface area contributed by atoms with Crippen LogP contribution in [0, 0.1) is 0 Å².